The Labute approximate surface area is 102 Å². The van der Waals surface area contributed by atoms with Crippen LogP contribution in [0.2, 0.25) is 0 Å². The molecule has 0 fully saturated rings. The molecule has 0 radical (unpaired) electrons. The fourth-order valence-electron chi connectivity index (χ4n) is 1.58. The van der Waals surface area contributed by atoms with Gasteiger partial charge in [-0.15, -0.1) is 0 Å². The van der Waals surface area contributed by atoms with E-state index in [9.17, 15) is 8.78 Å². The van der Waals surface area contributed by atoms with E-state index in [0.29, 0.717) is 18.2 Å². The van der Waals surface area contributed by atoms with Crippen molar-refractivity contribution >= 4 is 0 Å². The molecule has 0 heterocycles. The minimum Gasteiger partial charge on any atom is -0.313 e. The van der Waals surface area contributed by atoms with Crippen LogP contribution in [0.5, 0.6) is 0 Å². The summed E-state index contributed by atoms with van der Waals surface area (Å²) in [7, 11) is 1.90. The average Bonchev–Trinajstić information content (AvgIpc) is 2.24. The van der Waals surface area contributed by atoms with E-state index in [-0.39, 0.29) is 0 Å². The fourth-order valence-corrected chi connectivity index (χ4v) is 1.58. The van der Waals surface area contributed by atoms with Gasteiger partial charge in [-0.05, 0) is 13.1 Å². The maximum Gasteiger partial charge on any atom is 0.163 e. The smallest absolute Gasteiger partial charge is 0.163 e. The average molecular weight is 242 g/mol. The molecule has 17 heavy (non-hydrogen) atoms. The molecule has 0 spiro atoms. The minimum atomic E-state index is -0.781. The van der Waals surface area contributed by atoms with E-state index in [2.05, 4.69) is 19.2 Å². The lowest BCUT2D eigenvalue weighted by molar-refractivity contribution is 0.313. The van der Waals surface area contributed by atoms with Crippen LogP contribution in [0.1, 0.15) is 19.4 Å². The van der Waals surface area contributed by atoms with E-state index in [1.54, 1.807) is 6.07 Å². The zero-order chi connectivity index (χ0) is 12.8. The first kappa shape index (κ1) is 14.1. The predicted octanol–water partition coefficient (Wildman–Crippen LogP) is 2.39. The lowest BCUT2D eigenvalue weighted by atomic mass is 10.2. The highest BCUT2D eigenvalue weighted by Crippen LogP contribution is 2.12. The second-order valence-corrected chi connectivity index (χ2v) is 4.56. The summed E-state index contributed by atoms with van der Waals surface area (Å²) < 4.78 is 26.4. The van der Waals surface area contributed by atoms with Gasteiger partial charge >= 0.3 is 0 Å². The van der Waals surface area contributed by atoms with Crippen molar-refractivity contribution in [3.63, 3.8) is 0 Å². The first-order chi connectivity index (χ1) is 8.00. The topological polar surface area (TPSA) is 15.3 Å². The van der Waals surface area contributed by atoms with Gasteiger partial charge in [-0.2, -0.15) is 0 Å². The second-order valence-electron chi connectivity index (χ2n) is 4.56. The molecule has 2 nitrogen and oxygen atoms in total. The Morgan fingerprint density at radius 2 is 2.00 bits per heavy atom. The number of hydrogen-bond donors (Lipinski definition) is 1. The van der Waals surface area contributed by atoms with Gasteiger partial charge in [-0.3, -0.25) is 0 Å². The van der Waals surface area contributed by atoms with Crippen molar-refractivity contribution in [2.45, 2.75) is 26.4 Å². The van der Waals surface area contributed by atoms with E-state index in [4.69, 9.17) is 0 Å². The number of benzene rings is 1. The van der Waals surface area contributed by atoms with E-state index in [0.717, 1.165) is 19.2 Å². The standard InChI is InChI=1S/C13H20F2N2/c1-10(2)16-7-8-17(3)9-11-5-4-6-12(14)13(11)15/h4-6,10,16H,7-9H2,1-3H3. The van der Waals surface area contributed by atoms with Gasteiger partial charge in [0, 0.05) is 31.2 Å². The highest BCUT2D eigenvalue weighted by atomic mass is 19.2. The van der Waals surface area contributed by atoms with E-state index in [1.165, 1.54) is 6.07 Å². The molecular formula is C13H20F2N2. The van der Waals surface area contributed by atoms with Crippen LogP contribution in [0, 0.1) is 11.6 Å². The maximum atomic E-state index is 13.4. The molecule has 1 N–H and O–H groups in total. The van der Waals surface area contributed by atoms with Crippen LogP contribution in [0.4, 0.5) is 8.78 Å². The van der Waals surface area contributed by atoms with Crippen molar-refractivity contribution in [2.24, 2.45) is 0 Å². The monoisotopic (exact) mass is 242 g/mol. The molecule has 0 aromatic heterocycles. The molecule has 4 heteroatoms. The first-order valence-corrected chi connectivity index (χ1v) is 5.85. The Balaban J connectivity index is 2.45. The number of likely N-dealkylation sites (N-methyl/N-ethyl adjacent to an activating group) is 1. The van der Waals surface area contributed by atoms with Gasteiger partial charge < -0.3 is 10.2 Å². The minimum absolute atomic E-state index is 0.400. The molecule has 0 aliphatic rings. The maximum absolute atomic E-state index is 13.4. The summed E-state index contributed by atoms with van der Waals surface area (Å²) in [6.07, 6.45) is 0. The van der Waals surface area contributed by atoms with E-state index >= 15 is 0 Å². The molecular weight excluding hydrogens is 222 g/mol. The molecule has 0 atom stereocenters. The molecule has 0 aliphatic heterocycles. The van der Waals surface area contributed by atoms with Gasteiger partial charge in [-0.1, -0.05) is 26.0 Å². The molecule has 0 unspecified atom stereocenters. The normalized spacial score (nSPS) is 11.5. The molecule has 1 aromatic rings. The van der Waals surface area contributed by atoms with Crippen LogP contribution in [0.25, 0.3) is 0 Å². The van der Waals surface area contributed by atoms with Crippen LogP contribution in [-0.4, -0.2) is 31.1 Å². The van der Waals surface area contributed by atoms with Crippen LogP contribution < -0.4 is 5.32 Å². The predicted molar refractivity (Wildman–Crippen MR) is 65.8 cm³/mol. The quantitative estimate of drug-likeness (QED) is 0.824. The van der Waals surface area contributed by atoms with Gasteiger partial charge in [0.05, 0.1) is 0 Å². The number of hydrogen-bond acceptors (Lipinski definition) is 2. The molecule has 1 rings (SSSR count). The second kappa shape index (κ2) is 6.67. The van der Waals surface area contributed by atoms with Crippen molar-refractivity contribution in [2.75, 3.05) is 20.1 Å². The highest BCUT2D eigenvalue weighted by Gasteiger charge is 2.09. The van der Waals surface area contributed by atoms with Crippen molar-refractivity contribution in [3.05, 3.63) is 35.4 Å². The number of nitrogens with zero attached hydrogens (tertiary/aromatic N) is 1. The fraction of sp³-hybridized carbons (Fsp3) is 0.538. The van der Waals surface area contributed by atoms with Crippen molar-refractivity contribution < 1.29 is 8.78 Å². The van der Waals surface area contributed by atoms with Crippen LogP contribution in [-0.2, 0) is 6.54 Å². The lowest BCUT2D eigenvalue weighted by Gasteiger charge is -2.18. The first-order valence-electron chi connectivity index (χ1n) is 5.85. The SMILES string of the molecule is CC(C)NCCN(C)Cc1cccc(F)c1F. The summed E-state index contributed by atoms with van der Waals surface area (Å²) in [4.78, 5) is 1.97. The largest absolute Gasteiger partial charge is 0.313 e. The molecule has 0 bridgehead atoms. The Bertz CT molecular complexity index is 353. The molecule has 0 aliphatic carbocycles. The summed E-state index contributed by atoms with van der Waals surface area (Å²) in [5.74, 6) is -1.52. The van der Waals surface area contributed by atoms with Gasteiger partial charge in [0.15, 0.2) is 11.6 Å². The van der Waals surface area contributed by atoms with Gasteiger partial charge in [-0.25, -0.2) is 8.78 Å². The Morgan fingerprint density at radius 3 is 2.65 bits per heavy atom. The number of halogens is 2. The Morgan fingerprint density at radius 1 is 1.29 bits per heavy atom. The third-order valence-corrected chi connectivity index (χ3v) is 2.52. The molecule has 0 saturated carbocycles. The lowest BCUT2D eigenvalue weighted by Crippen LogP contribution is -2.32. The summed E-state index contributed by atoms with van der Waals surface area (Å²) in [6.45, 7) is 6.21. The Hall–Kier alpha value is -1.00. The number of nitrogens with one attached hydrogen (secondary N) is 1. The Kier molecular flexibility index (Phi) is 5.51. The molecule has 0 saturated heterocycles. The van der Waals surface area contributed by atoms with Gasteiger partial charge in [0.1, 0.15) is 0 Å². The summed E-state index contributed by atoms with van der Waals surface area (Å²) in [5.41, 5.74) is 0.400. The van der Waals surface area contributed by atoms with E-state index < -0.39 is 11.6 Å². The zero-order valence-corrected chi connectivity index (χ0v) is 10.6. The van der Waals surface area contributed by atoms with Crippen LogP contribution in [0.3, 0.4) is 0 Å². The summed E-state index contributed by atoms with van der Waals surface area (Å²) >= 11 is 0. The number of rotatable bonds is 6. The summed E-state index contributed by atoms with van der Waals surface area (Å²) in [5, 5.41) is 3.28. The van der Waals surface area contributed by atoms with Gasteiger partial charge in [0.2, 0.25) is 0 Å². The zero-order valence-electron chi connectivity index (χ0n) is 10.6. The molecule has 96 valence electrons. The molecule has 0 amide bonds. The van der Waals surface area contributed by atoms with Crippen LogP contribution in [0.15, 0.2) is 18.2 Å². The molecule has 1 aromatic carbocycles. The highest BCUT2D eigenvalue weighted by molar-refractivity contribution is 5.18. The van der Waals surface area contributed by atoms with Crippen LogP contribution >= 0.6 is 0 Å². The van der Waals surface area contributed by atoms with Crippen molar-refractivity contribution in [3.8, 4) is 0 Å². The van der Waals surface area contributed by atoms with Gasteiger partial charge in [0.25, 0.3) is 0 Å². The third-order valence-electron chi connectivity index (χ3n) is 2.52. The third kappa shape index (κ3) is 4.79. The van der Waals surface area contributed by atoms with Crippen molar-refractivity contribution in [1.29, 1.82) is 0 Å². The van der Waals surface area contributed by atoms with Crippen molar-refractivity contribution in [1.82, 2.24) is 10.2 Å². The summed E-state index contributed by atoms with van der Waals surface area (Å²) in [6, 6.07) is 4.73. The van der Waals surface area contributed by atoms with E-state index in [1.807, 2.05) is 11.9 Å².